The third-order valence-electron chi connectivity index (χ3n) is 3.22. The van der Waals surface area contributed by atoms with Crippen molar-refractivity contribution in [2.75, 3.05) is 10.6 Å². The summed E-state index contributed by atoms with van der Waals surface area (Å²) in [5, 5.41) is 17.7. The minimum Gasteiger partial charge on any atom is -0.334 e. The summed E-state index contributed by atoms with van der Waals surface area (Å²) in [5.41, 5.74) is 0.710. The van der Waals surface area contributed by atoms with Crippen LogP contribution in [-0.2, 0) is 0 Å². The van der Waals surface area contributed by atoms with Crippen LogP contribution in [0.4, 0.5) is 33.1 Å². The Morgan fingerprint density at radius 3 is 1.88 bits per heavy atom. The number of anilines is 4. The molecule has 0 spiro atoms. The van der Waals surface area contributed by atoms with E-state index in [1.807, 2.05) is 0 Å². The van der Waals surface area contributed by atoms with E-state index in [1.165, 1.54) is 30.6 Å². The molecular weight excluding hydrogens is 349 g/mol. The highest BCUT2D eigenvalue weighted by atomic mass is 35.5. The van der Waals surface area contributed by atoms with Crippen LogP contribution in [0, 0.1) is 15.9 Å². The largest absolute Gasteiger partial charge is 0.353 e. The summed E-state index contributed by atoms with van der Waals surface area (Å²) in [6, 6.07) is 12.0. The zero-order valence-corrected chi connectivity index (χ0v) is 13.4. The van der Waals surface area contributed by atoms with Gasteiger partial charge in [-0.3, -0.25) is 10.1 Å². The molecule has 25 heavy (non-hydrogen) atoms. The maximum atomic E-state index is 13.0. The number of halogens is 2. The molecule has 7 nitrogen and oxygen atoms in total. The molecular formula is C16H11ClFN5O2. The van der Waals surface area contributed by atoms with Crippen LogP contribution in [0.1, 0.15) is 0 Å². The van der Waals surface area contributed by atoms with Crippen molar-refractivity contribution in [3.05, 3.63) is 75.8 Å². The molecule has 3 rings (SSSR count). The average molecular weight is 360 g/mol. The molecule has 0 atom stereocenters. The SMILES string of the molecule is O=[N+]([O-])c1c(Nc2ccc(F)cc2)ncnc1Nc1ccc(Cl)cc1. The summed E-state index contributed by atoms with van der Waals surface area (Å²) >= 11 is 5.82. The summed E-state index contributed by atoms with van der Waals surface area (Å²) in [7, 11) is 0. The molecule has 0 fully saturated rings. The number of benzene rings is 2. The fourth-order valence-electron chi connectivity index (χ4n) is 2.07. The summed E-state index contributed by atoms with van der Waals surface area (Å²) in [4.78, 5) is 18.8. The first-order valence-electron chi connectivity index (χ1n) is 7.07. The number of hydrogen-bond donors (Lipinski definition) is 2. The molecule has 126 valence electrons. The first kappa shape index (κ1) is 16.6. The van der Waals surface area contributed by atoms with Crippen LogP contribution in [0.2, 0.25) is 5.02 Å². The van der Waals surface area contributed by atoms with E-state index in [1.54, 1.807) is 24.3 Å². The van der Waals surface area contributed by atoms with Gasteiger partial charge in [0.2, 0.25) is 11.6 Å². The normalized spacial score (nSPS) is 10.3. The molecule has 0 aliphatic heterocycles. The molecule has 2 aromatic carbocycles. The van der Waals surface area contributed by atoms with Crippen molar-refractivity contribution in [3.8, 4) is 0 Å². The van der Waals surface area contributed by atoms with Crippen molar-refractivity contribution in [2.24, 2.45) is 0 Å². The molecule has 0 bridgehead atoms. The Morgan fingerprint density at radius 1 is 0.920 bits per heavy atom. The van der Waals surface area contributed by atoms with Crippen molar-refractivity contribution < 1.29 is 9.31 Å². The molecule has 1 heterocycles. The second-order valence-corrected chi connectivity index (χ2v) is 5.38. The van der Waals surface area contributed by atoms with E-state index in [0.717, 1.165) is 0 Å². The van der Waals surface area contributed by atoms with Crippen molar-refractivity contribution in [1.82, 2.24) is 9.97 Å². The van der Waals surface area contributed by atoms with Gasteiger partial charge in [0.15, 0.2) is 0 Å². The molecule has 0 unspecified atom stereocenters. The number of nitrogens with one attached hydrogen (secondary N) is 2. The number of nitro groups is 1. The van der Waals surface area contributed by atoms with Crippen molar-refractivity contribution in [1.29, 1.82) is 0 Å². The first-order chi connectivity index (χ1) is 12.0. The highest BCUT2D eigenvalue weighted by Gasteiger charge is 2.23. The summed E-state index contributed by atoms with van der Waals surface area (Å²) in [6.45, 7) is 0. The molecule has 0 radical (unpaired) electrons. The molecule has 0 saturated carbocycles. The summed E-state index contributed by atoms with van der Waals surface area (Å²) in [6.07, 6.45) is 1.19. The van der Waals surface area contributed by atoms with Crippen LogP contribution in [0.15, 0.2) is 54.9 Å². The van der Waals surface area contributed by atoms with Gasteiger partial charge < -0.3 is 10.6 Å². The first-order valence-corrected chi connectivity index (χ1v) is 7.45. The van der Waals surface area contributed by atoms with Gasteiger partial charge in [-0.2, -0.15) is 0 Å². The van der Waals surface area contributed by atoms with Crippen LogP contribution in [0.3, 0.4) is 0 Å². The zero-order valence-electron chi connectivity index (χ0n) is 12.6. The van der Waals surface area contributed by atoms with Gasteiger partial charge in [0.25, 0.3) is 0 Å². The Balaban J connectivity index is 1.94. The number of hydrogen-bond acceptors (Lipinski definition) is 6. The van der Waals surface area contributed by atoms with E-state index in [-0.39, 0.29) is 17.3 Å². The monoisotopic (exact) mass is 359 g/mol. The maximum Gasteiger partial charge on any atom is 0.353 e. The van der Waals surface area contributed by atoms with Crippen LogP contribution >= 0.6 is 11.6 Å². The topological polar surface area (TPSA) is 93.0 Å². The highest BCUT2D eigenvalue weighted by molar-refractivity contribution is 6.30. The lowest BCUT2D eigenvalue weighted by Gasteiger charge is -2.10. The van der Waals surface area contributed by atoms with Gasteiger partial charge in [-0.25, -0.2) is 14.4 Å². The third kappa shape index (κ3) is 3.99. The van der Waals surface area contributed by atoms with E-state index in [9.17, 15) is 14.5 Å². The summed E-state index contributed by atoms with van der Waals surface area (Å²) < 4.78 is 13.0. The van der Waals surface area contributed by atoms with E-state index in [4.69, 9.17) is 11.6 Å². The van der Waals surface area contributed by atoms with E-state index >= 15 is 0 Å². The van der Waals surface area contributed by atoms with E-state index in [0.29, 0.717) is 16.4 Å². The van der Waals surface area contributed by atoms with Gasteiger partial charge in [0.1, 0.15) is 12.1 Å². The predicted octanol–water partition coefficient (Wildman–Crippen LogP) is 4.66. The standard InChI is InChI=1S/C16H11ClFN5O2/c17-10-1-5-12(6-2-10)21-15-14(23(24)25)16(20-9-19-15)22-13-7-3-11(18)4-8-13/h1-9H,(H2,19,20,21,22). The van der Waals surface area contributed by atoms with Crippen molar-refractivity contribution >= 4 is 40.3 Å². The second kappa shape index (κ2) is 7.10. The quantitative estimate of drug-likeness (QED) is 0.508. The predicted molar refractivity (Wildman–Crippen MR) is 93.1 cm³/mol. The van der Waals surface area contributed by atoms with Crippen LogP contribution in [-0.4, -0.2) is 14.9 Å². The molecule has 0 amide bonds. The lowest BCUT2D eigenvalue weighted by atomic mass is 10.3. The fraction of sp³-hybridized carbons (Fsp3) is 0. The minimum atomic E-state index is -0.593. The molecule has 1 aromatic heterocycles. The smallest absolute Gasteiger partial charge is 0.334 e. The lowest BCUT2D eigenvalue weighted by molar-refractivity contribution is -0.383. The van der Waals surface area contributed by atoms with Crippen LogP contribution < -0.4 is 10.6 Å². The summed E-state index contributed by atoms with van der Waals surface area (Å²) in [5.74, 6) is -0.400. The average Bonchev–Trinajstić information content (AvgIpc) is 2.59. The number of nitrogens with zero attached hydrogens (tertiary/aromatic N) is 3. The number of rotatable bonds is 5. The molecule has 3 aromatic rings. The molecule has 0 saturated heterocycles. The molecule has 0 aliphatic carbocycles. The van der Waals surface area contributed by atoms with Crippen molar-refractivity contribution in [2.45, 2.75) is 0 Å². The minimum absolute atomic E-state index is 0.0110. The Hall–Kier alpha value is -3.26. The van der Waals surface area contributed by atoms with Gasteiger partial charge in [-0.1, -0.05) is 11.6 Å². The van der Waals surface area contributed by atoms with Gasteiger partial charge in [0, 0.05) is 16.4 Å². The van der Waals surface area contributed by atoms with Crippen molar-refractivity contribution in [3.63, 3.8) is 0 Å². The Morgan fingerprint density at radius 2 is 1.40 bits per heavy atom. The Labute approximate surface area is 146 Å². The second-order valence-electron chi connectivity index (χ2n) is 4.94. The van der Waals surface area contributed by atoms with Gasteiger partial charge in [-0.15, -0.1) is 0 Å². The Bertz CT molecular complexity index is 838. The van der Waals surface area contributed by atoms with Crippen LogP contribution in [0.25, 0.3) is 0 Å². The molecule has 2 N–H and O–H groups in total. The lowest BCUT2D eigenvalue weighted by Crippen LogP contribution is -2.05. The van der Waals surface area contributed by atoms with Gasteiger partial charge >= 0.3 is 5.69 Å². The van der Waals surface area contributed by atoms with Gasteiger partial charge in [0.05, 0.1) is 4.92 Å². The maximum absolute atomic E-state index is 13.0. The van der Waals surface area contributed by atoms with Crippen LogP contribution in [0.5, 0.6) is 0 Å². The molecule has 9 heteroatoms. The van der Waals surface area contributed by atoms with Gasteiger partial charge in [-0.05, 0) is 48.5 Å². The van der Waals surface area contributed by atoms with E-state index in [2.05, 4.69) is 20.6 Å². The Kier molecular flexibility index (Phi) is 4.71. The molecule has 0 aliphatic rings. The fourth-order valence-corrected chi connectivity index (χ4v) is 2.20. The number of aromatic nitrogens is 2. The zero-order chi connectivity index (χ0) is 17.8. The third-order valence-corrected chi connectivity index (χ3v) is 3.47. The van der Waals surface area contributed by atoms with E-state index < -0.39 is 10.7 Å². The highest BCUT2D eigenvalue weighted by Crippen LogP contribution is 2.33.